The first-order valence-corrected chi connectivity index (χ1v) is 7.14. The minimum Gasteiger partial charge on any atom is -0.497 e. The van der Waals surface area contributed by atoms with Crippen LogP contribution in [0.25, 0.3) is 6.08 Å². The largest absolute Gasteiger partial charge is 0.497 e. The number of amides is 2. The summed E-state index contributed by atoms with van der Waals surface area (Å²) in [6, 6.07) is 11.8. The van der Waals surface area contributed by atoms with E-state index in [0.29, 0.717) is 17.2 Å². The number of para-hydroxylation sites is 1. The van der Waals surface area contributed by atoms with Gasteiger partial charge in [-0.2, -0.15) is 0 Å². The van der Waals surface area contributed by atoms with Crippen LogP contribution in [0.5, 0.6) is 11.5 Å². The van der Waals surface area contributed by atoms with Gasteiger partial charge < -0.3 is 20.5 Å². The Kier molecular flexibility index (Phi) is 5.57. The van der Waals surface area contributed by atoms with Gasteiger partial charge in [0.05, 0.1) is 25.5 Å². The minimum atomic E-state index is -0.604. The number of nitrogens with two attached hydrogens (primary N) is 1. The Balaban J connectivity index is 2.15. The molecule has 2 aromatic rings. The van der Waals surface area contributed by atoms with E-state index in [2.05, 4.69) is 5.32 Å². The molecular formula is C18H18N2O4. The quantitative estimate of drug-likeness (QED) is 0.798. The fourth-order valence-corrected chi connectivity index (χ4v) is 2.08. The predicted molar refractivity (Wildman–Crippen MR) is 92.2 cm³/mol. The number of hydrogen-bond donors (Lipinski definition) is 2. The third-order valence-electron chi connectivity index (χ3n) is 3.25. The summed E-state index contributed by atoms with van der Waals surface area (Å²) in [6.07, 6.45) is 2.97. The number of carbonyl (C=O) groups is 2. The van der Waals surface area contributed by atoms with E-state index in [1.54, 1.807) is 62.8 Å². The Bertz CT molecular complexity index is 762. The first kappa shape index (κ1) is 17.1. The number of rotatable bonds is 6. The van der Waals surface area contributed by atoms with E-state index < -0.39 is 5.91 Å². The standard InChI is InChI=1S/C18H18N2O4/c1-23-13-9-12(10-14(11-13)24-2)7-8-17(21)20-16-6-4-3-5-15(16)18(19)22/h3-11H,1-2H3,(H2,19,22)(H,20,21)/b8-7+. The molecule has 0 bridgehead atoms. The maximum absolute atomic E-state index is 12.1. The molecule has 2 aromatic carbocycles. The molecule has 0 fully saturated rings. The van der Waals surface area contributed by atoms with Crippen molar-refractivity contribution in [3.8, 4) is 11.5 Å². The molecule has 0 saturated heterocycles. The summed E-state index contributed by atoms with van der Waals surface area (Å²) in [6.45, 7) is 0. The summed E-state index contributed by atoms with van der Waals surface area (Å²) >= 11 is 0. The molecule has 0 atom stereocenters. The van der Waals surface area contributed by atoms with Gasteiger partial charge in [0.25, 0.3) is 5.91 Å². The monoisotopic (exact) mass is 326 g/mol. The van der Waals surface area contributed by atoms with E-state index in [4.69, 9.17) is 15.2 Å². The second-order valence-electron chi connectivity index (χ2n) is 4.88. The van der Waals surface area contributed by atoms with Crippen molar-refractivity contribution in [1.82, 2.24) is 0 Å². The van der Waals surface area contributed by atoms with Crippen molar-refractivity contribution in [3.63, 3.8) is 0 Å². The van der Waals surface area contributed by atoms with Gasteiger partial charge in [0.1, 0.15) is 11.5 Å². The molecule has 2 rings (SSSR count). The Morgan fingerprint density at radius 3 is 2.25 bits per heavy atom. The average Bonchev–Trinajstić information content (AvgIpc) is 2.59. The molecule has 2 amide bonds. The molecule has 6 heteroatoms. The van der Waals surface area contributed by atoms with E-state index >= 15 is 0 Å². The number of ether oxygens (including phenoxy) is 2. The van der Waals surface area contributed by atoms with Crippen LogP contribution in [0.3, 0.4) is 0 Å². The van der Waals surface area contributed by atoms with Crippen LogP contribution in [0.2, 0.25) is 0 Å². The highest BCUT2D eigenvalue weighted by atomic mass is 16.5. The fourth-order valence-electron chi connectivity index (χ4n) is 2.08. The van der Waals surface area contributed by atoms with Gasteiger partial charge in [0.15, 0.2) is 0 Å². The maximum Gasteiger partial charge on any atom is 0.250 e. The lowest BCUT2D eigenvalue weighted by Gasteiger charge is -2.07. The summed E-state index contributed by atoms with van der Waals surface area (Å²) < 4.78 is 10.4. The Morgan fingerprint density at radius 2 is 1.67 bits per heavy atom. The van der Waals surface area contributed by atoms with E-state index in [1.165, 1.54) is 6.08 Å². The van der Waals surface area contributed by atoms with Crippen molar-refractivity contribution in [2.75, 3.05) is 19.5 Å². The van der Waals surface area contributed by atoms with Gasteiger partial charge in [0, 0.05) is 12.1 Å². The van der Waals surface area contributed by atoms with Crippen LogP contribution in [0.4, 0.5) is 5.69 Å². The molecular weight excluding hydrogens is 308 g/mol. The van der Waals surface area contributed by atoms with Crippen LogP contribution >= 0.6 is 0 Å². The molecule has 0 unspecified atom stereocenters. The summed E-state index contributed by atoms with van der Waals surface area (Å²) in [4.78, 5) is 23.4. The van der Waals surface area contributed by atoms with Crippen molar-refractivity contribution in [2.24, 2.45) is 5.73 Å². The first-order chi connectivity index (χ1) is 11.5. The highest BCUT2D eigenvalue weighted by molar-refractivity contribution is 6.07. The van der Waals surface area contributed by atoms with Gasteiger partial charge in [-0.1, -0.05) is 12.1 Å². The predicted octanol–water partition coefficient (Wildman–Crippen LogP) is 2.45. The Labute approximate surface area is 139 Å². The Morgan fingerprint density at radius 1 is 1.04 bits per heavy atom. The van der Waals surface area contributed by atoms with E-state index in [9.17, 15) is 9.59 Å². The van der Waals surface area contributed by atoms with E-state index in [0.717, 1.165) is 5.56 Å². The summed E-state index contributed by atoms with van der Waals surface area (Å²) in [7, 11) is 3.10. The van der Waals surface area contributed by atoms with Gasteiger partial charge in [-0.15, -0.1) is 0 Å². The molecule has 0 spiro atoms. The van der Waals surface area contributed by atoms with Crippen LogP contribution in [0.1, 0.15) is 15.9 Å². The number of methoxy groups -OCH3 is 2. The van der Waals surface area contributed by atoms with E-state index in [-0.39, 0.29) is 11.5 Å². The van der Waals surface area contributed by atoms with Crippen LogP contribution in [0, 0.1) is 0 Å². The number of carbonyl (C=O) groups excluding carboxylic acids is 2. The average molecular weight is 326 g/mol. The lowest BCUT2D eigenvalue weighted by molar-refractivity contribution is -0.111. The van der Waals surface area contributed by atoms with Gasteiger partial charge in [-0.05, 0) is 35.9 Å². The maximum atomic E-state index is 12.1. The van der Waals surface area contributed by atoms with Crippen molar-refractivity contribution in [3.05, 3.63) is 59.7 Å². The lowest BCUT2D eigenvalue weighted by Crippen LogP contribution is -2.16. The molecule has 3 N–H and O–H groups in total. The number of benzene rings is 2. The molecule has 0 radical (unpaired) electrons. The zero-order chi connectivity index (χ0) is 17.5. The summed E-state index contributed by atoms with van der Waals surface area (Å²) in [5.41, 5.74) is 6.64. The third-order valence-corrected chi connectivity index (χ3v) is 3.25. The second kappa shape index (κ2) is 7.82. The van der Waals surface area contributed by atoms with Gasteiger partial charge in [0.2, 0.25) is 5.91 Å². The van der Waals surface area contributed by atoms with E-state index in [1.807, 2.05) is 0 Å². The van der Waals surface area contributed by atoms with Crippen LogP contribution in [0.15, 0.2) is 48.5 Å². The first-order valence-electron chi connectivity index (χ1n) is 7.14. The topological polar surface area (TPSA) is 90.6 Å². The van der Waals surface area contributed by atoms with Crippen molar-refractivity contribution in [1.29, 1.82) is 0 Å². The molecule has 6 nitrogen and oxygen atoms in total. The lowest BCUT2D eigenvalue weighted by atomic mass is 10.1. The molecule has 124 valence electrons. The fraction of sp³-hybridized carbons (Fsp3) is 0.111. The highest BCUT2D eigenvalue weighted by Crippen LogP contribution is 2.23. The molecule has 0 aliphatic heterocycles. The van der Waals surface area contributed by atoms with Crippen molar-refractivity contribution in [2.45, 2.75) is 0 Å². The zero-order valence-corrected chi connectivity index (χ0v) is 13.4. The molecule has 0 aromatic heterocycles. The van der Waals surface area contributed by atoms with Gasteiger partial charge in [-0.25, -0.2) is 0 Å². The summed E-state index contributed by atoms with van der Waals surface area (Å²) in [5.74, 6) is 0.250. The number of hydrogen-bond acceptors (Lipinski definition) is 4. The second-order valence-corrected chi connectivity index (χ2v) is 4.88. The molecule has 0 heterocycles. The number of anilines is 1. The van der Waals surface area contributed by atoms with Crippen LogP contribution in [-0.4, -0.2) is 26.0 Å². The summed E-state index contributed by atoms with van der Waals surface area (Å²) in [5, 5.41) is 2.63. The van der Waals surface area contributed by atoms with Crippen LogP contribution < -0.4 is 20.5 Å². The smallest absolute Gasteiger partial charge is 0.250 e. The normalized spacial score (nSPS) is 10.4. The van der Waals surface area contributed by atoms with Crippen molar-refractivity contribution < 1.29 is 19.1 Å². The van der Waals surface area contributed by atoms with Gasteiger partial charge >= 0.3 is 0 Å². The van der Waals surface area contributed by atoms with Crippen LogP contribution in [-0.2, 0) is 4.79 Å². The SMILES string of the molecule is COc1cc(/C=C/C(=O)Nc2ccccc2C(N)=O)cc(OC)c1. The van der Waals surface area contributed by atoms with Crippen molar-refractivity contribution >= 4 is 23.6 Å². The minimum absolute atomic E-state index is 0.252. The molecule has 24 heavy (non-hydrogen) atoms. The zero-order valence-electron chi connectivity index (χ0n) is 13.4. The Hall–Kier alpha value is -3.28. The third kappa shape index (κ3) is 4.36. The number of primary amides is 1. The molecule has 0 aliphatic carbocycles. The molecule has 0 saturated carbocycles. The van der Waals surface area contributed by atoms with Gasteiger partial charge in [-0.3, -0.25) is 9.59 Å². The number of nitrogens with one attached hydrogen (secondary N) is 1. The highest BCUT2D eigenvalue weighted by Gasteiger charge is 2.08. The molecule has 0 aliphatic rings.